The highest BCUT2D eigenvalue weighted by molar-refractivity contribution is 7.18. The number of urea groups is 1. The lowest BCUT2D eigenvalue weighted by atomic mass is 10.0. The number of benzene rings is 1. The molecule has 3 rings (SSSR count). The highest BCUT2D eigenvalue weighted by Gasteiger charge is 2.25. The molecule has 2 aromatic rings. The number of carbonyl (C=O) groups excluding carboxylic acids is 1. The van der Waals surface area contributed by atoms with Crippen LogP contribution in [0.2, 0.25) is 0 Å². The van der Waals surface area contributed by atoms with Gasteiger partial charge in [-0.2, -0.15) is 0 Å². The lowest BCUT2D eigenvalue weighted by Crippen LogP contribution is -2.49. The normalized spacial score (nSPS) is 18.0. The summed E-state index contributed by atoms with van der Waals surface area (Å²) in [5.74, 6) is 0. The number of amides is 2. The summed E-state index contributed by atoms with van der Waals surface area (Å²) in [5.41, 5.74) is 1.06. The van der Waals surface area contributed by atoms with Gasteiger partial charge in [0.2, 0.25) is 0 Å². The Morgan fingerprint density at radius 3 is 3.08 bits per heavy atom. The predicted molar refractivity (Wildman–Crippen MR) is 97.4 cm³/mol. The van der Waals surface area contributed by atoms with Gasteiger partial charge in [-0.1, -0.05) is 12.1 Å². The number of aliphatic hydroxyl groups is 1. The molecule has 2 amide bonds. The zero-order valence-corrected chi connectivity index (χ0v) is 14.7. The first kappa shape index (κ1) is 17.2. The molecule has 1 aromatic heterocycles. The average molecular weight is 347 g/mol. The molecule has 0 spiro atoms. The van der Waals surface area contributed by atoms with Crippen molar-refractivity contribution < 1.29 is 9.90 Å². The molecule has 2 heterocycles. The Kier molecular flexibility index (Phi) is 6.04. The van der Waals surface area contributed by atoms with Crippen molar-refractivity contribution in [1.82, 2.24) is 15.2 Å². The van der Waals surface area contributed by atoms with E-state index in [1.165, 1.54) is 4.70 Å². The third kappa shape index (κ3) is 4.24. The van der Waals surface area contributed by atoms with Gasteiger partial charge in [0, 0.05) is 32.2 Å². The van der Waals surface area contributed by atoms with E-state index in [0.717, 1.165) is 49.2 Å². The number of rotatable bonds is 6. The molecular weight excluding hydrogens is 322 g/mol. The van der Waals surface area contributed by atoms with E-state index in [4.69, 9.17) is 5.11 Å². The van der Waals surface area contributed by atoms with Crippen LogP contribution >= 0.6 is 11.3 Å². The van der Waals surface area contributed by atoms with E-state index in [9.17, 15) is 4.79 Å². The fourth-order valence-electron chi connectivity index (χ4n) is 3.28. The Balaban J connectivity index is 1.44. The van der Waals surface area contributed by atoms with Gasteiger partial charge >= 0.3 is 6.03 Å². The van der Waals surface area contributed by atoms with Crippen molar-refractivity contribution in [3.8, 4) is 0 Å². The first-order valence-corrected chi connectivity index (χ1v) is 9.59. The van der Waals surface area contributed by atoms with Crippen LogP contribution in [-0.4, -0.2) is 46.8 Å². The first-order valence-electron chi connectivity index (χ1n) is 8.77. The number of likely N-dealkylation sites (tertiary alicyclic amines) is 1. The van der Waals surface area contributed by atoms with Crippen LogP contribution < -0.4 is 5.32 Å². The van der Waals surface area contributed by atoms with Crippen molar-refractivity contribution in [2.45, 2.75) is 44.6 Å². The second-order valence-corrected chi connectivity index (χ2v) is 7.38. The number of nitrogens with zero attached hydrogens (tertiary/aromatic N) is 2. The lowest BCUT2D eigenvalue weighted by molar-refractivity contribution is 0.132. The van der Waals surface area contributed by atoms with Crippen LogP contribution in [0.15, 0.2) is 24.3 Å². The number of aryl methyl sites for hydroxylation is 1. The number of nitrogens with one attached hydrogen (secondary N) is 1. The van der Waals surface area contributed by atoms with Gasteiger partial charge in [0.1, 0.15) is 0 Å². The van der Waals surface area contributed by atoms with E-state index in [1.54, 1.807) is 11.3 Å². The summed E-state index contributed by atoms with van der Waals surface area (Å²) in [6.07, 6.45) is 5.66. The Labute approximate surface area is 146 Å². The van der Waals surface area contributed by atoms with E-state index in [2.05, 4.69) is 16.4 Å². The fourth-order valence-corrected chi connectivity index (χ4v) is 4.29. The summed E-state index contributed by atoms with van der Waals surface area (Å²) in [4.78, 5) is 18.9. The van der Waals surface area contributed by atoms with Crippen molar-refractivity contribution in [2.75, 3.05) is 19.7 Å². The molecule has 0 saturated carbocycles. The number of hydrogen-bond donors (Lipinski definition) is 2. The molecule has 130 valence electrons. The molecule has 1 atom stereocenters. The van der Waals surface area contributed by atoms with Gasteiger partial charge in [-0.3, -0.25) is 0 Å². The third-order valence-electron chi connectivity index (χ3n) is 4.53. The standard InChI is InChI=1S/C18H25N3O2S/c22-13-10-14-6-3-4-12-21(14)18(23)19-11-5-9-17-20-15-7-1-2-8-16(15)24-17/h1-2,7-8,14,22H,3-6,9-13H2,(H,19,23). The zero-order chi connectivity index (χ0) is 16.8. The Morgan fingerprint density at radius 1 is 1.38 bits per heavy atom. The number of piperidine rings is 1. The van der Waals surface area contributed by atoms with E-state index in [0.29, 0.717) is 13.0 Å². The molecule has 1 aliphatic heterocycles. The minimum Gasteiger partial charge on any atom is -0.396 e. The molecule has 24 heavy (non-hydrogen) atoms. The quantitative estimate of drug-likeness (QED) is 0.789. The number of fused-ring (bicyclic) bond motifs is 1. The van der Waals surface area contributed by atoms with Crippen LogP contribution in [0.5, 0.6) is 0 Å². The molecule has 1 unspecified atom stereocenters. The van der Waals surface area contributed by atoms with E-state index in [1.807, 2.05) is 23.1 Å². The molecule has 0 radical (unpaired) electrons. The second kappa shape index (κ2) is 8.44. The van der Waals surface area contributed by atoms with Crippen molar-refractivity contribution in [3.05, 3.63) is 29.3 Å². The number of thiazole rings is 1. The Hall–Kier alpha value is -1.66. The molecule has 0 aliphatic carbocycles. The number of para-hydroxylation sites is 1. The van der Waals surface area contributed by atoms with Crippen LogP contribution in [0.4, 0.5) is 4.79 Å². The van der Waals surface area contributed by atoms with E-state index < -0.39 is 0 Å². The van der Waals surface area contributed by atoms with Crippen LogP contribution in [0.3, 0.4) is 0 Å². The van der Waals surface area contributed by atoms with Crippen molar-refractivity contribution >= 4 is 27.6 Å². The molecule has 1 fully saturated rings. The molecule has 2 N–H and O–H groups in total. The monoisotopic (exact) mass is 347 g/mol. The minimum atomic E-state index is 0.0115. The molecule has 1 aliphatic rings. The number of hydrogen-bond acceptors (Lipinski definition) is 4. The van der Waals surface area contributed by atoms with Gasteiger partial charge in [-0.05, 0) is 44.2 Å². The summed E-state index contributed by atoms with van der Waals surface area (Å²) in [7, 11) is 0. The fraction of sp³-hybridized carbons (Fsp3) is 0.556. The van der Waals surface area contributed by atoms with Crippen LogP contribution in [0, 0.1) is 0 Å². The molecular formula is C18H25N3O2S. The molecule has 6 heteroatoms. The van der Waals surface area contributed by atoms with Gasteiger partial charge in [0.25, 0.3) is 0 Å². The van der Waals surface area contributed by atoms with E-state index in [-0.39, 0.29) is 18.7 Å². The van der Waals surface area contributed by atoms with E-state index >= 15 is 0 Å². The van der Waals surface area contributed by atoms with Gasteiger partial charge in [0.05, 0.1) is 15.2 Å². The smallest absolute Gasteiger partial charge is 0.317 e. The highest BCUT2D eigenvalue weighted by Crippen LogP contribution is 2.22. The summed E-state index contributed by atoms with van der Waals surface area (Å²) in [6.45, 7) is 1.61. The largest absolute Gasteiger partial charge is 0.396 e. The van der Waals surface area contributed by atoms with Crippen LogP contribution in [0.25, 0.3) is 10.2 Å². The van der Waals surface area contributed by atoms with Gasteiger partial charge in [-0.25, -0.2) is 9.78 Å². The highest BCUT2D eigenvalue weighted by atomic mass is 32.1. The number of aromatic nitrogens is 1. The Morgan fingerprint density at radius 2 is 2.25 bits per heavy atom. The van der Waals surface area contributed by atoms with Crippen molar-refractivity contribution in [2.24, 2.45) is 0 Å². The van der Waals surface area contributed by atoms with Gasteiger partial charge < -0.3 is 15.3 Å². The molecule has 1 aromatic carbocycles. The maximum Gasteiger partial charge on any atom is 0.317 e. The van der Waals surface area contributed by atoms with Crippen LogP contribution in [-0.2, 0) is 6.42 Å². The summed E-state index contributed by atoms with van der Waals surface area (Å²) in [6, 6.07) is 8.37. The summed E-state index contributed by atoms with van der Waals surface area (Å²) in [5, 5.41) is 13.3. The molecule has 1 saturated heterocycles. The molecule has 0 bridgehead atoms. The average Bonchev–Trinajstić information content (AvgIpc) is 3.02. The lowest BCUT2D eigenvalue weighted by Gasteiger charge is -2.35. The first-order chi connectivity index (χ1) is 11.8. The zero-order valence-electron chi connectivity index (χ0n) is 13.9. The topological polar surface area (TPSA) is 65.5 Å². The summed E-state index contributed by atoms with van der Waals surface area (Å²) < 4.78 is 1.22. The molecule has 5 nitrogen and oxygen atoms in total. The maximum atomic E-state index is 12.4. The van der Waals surface area contributed by atoms with Gasteiger partial charge in [-0.15, -0.1) is 11.3 Å². The Bertz CT molecular complexity index is 638. The number of carbonyl (C=O) groups is 1. The third-order valence-corrected chi connectivity index (χ3v) is 5.63. The van der Waals surface area contributed by atoms with Crippen molar-refractivity contribution in [1.29, 1.82) is 0 Å². The minimum absolute atomic E-state index is 0.0115. The van der Waals surface area contributed by atoms with Crippen molar-refractivity contribution in [3.63, 3.8) is 0 Å². The van der Waals surface area contributed by atoms with Crippen LogP contribution in [0.1, 0.15) is 37.1 Å². The second-order valence-electron chi connectivity index (χ2n) is 6.27. The number of aliphatic hydroxyl groups excluding tert-OH is 1. The SMILES string of the molecule is O=C(NCCCc1nc2ccccc2s1)N1CCCCC1CCO. The predicted octanol–water partition coefficient (Wildman–Crippen LogP) is 3.18. The maximum absolute atomic E-state index is 12.4. The van der Waals surface area contributed by atoms with Gasteiger partial charge in [0.15, 0.2) is 0 Å². The summed E-state index contributed by atoms with van der Waals surface area (Å²) >= 11 is 1.73.